The second-order valence-corrected chi connectivity index (χ2v) is 5.67. The summed E-state index contributed by atoms with van der Waals surface area (Å²) in [5.41, 5.74) is 0.927. The first kappa shape index (κ1) is 13.5. The molecule has 2 fully saturated rings. The maximum atomic E-state index is 12.2. The van der Waals surface area contributed by atoms with Crippen molar-refractivity contribution in [2.75, 3.05) is 13.2 Å². The summed E-state index contributed by atoms with van der Waals surface area (Å²) in [4.78, 5) is 20.2. The van der Waals surface area contributed by atoms with E-state index in [9.17, 15) is 9.90 Å². The van der Waals surface area contributed by atoms with Crippen LogP contribution in [0.5, 0.6) is 0 Å². The maximum Gasteiger partial charge on any atom is 0.270 e. The topological polar surface area (TPSA) is 84.3 Å². The van der Waals surface area contributed by atoms with Gasteiger partial charge in [-0.1, -0.05) is 0 Å². The molecule has 0 radical (unpaired) electrons. The third-order valence-electron chi connectivity index (χ3n) is 4.58. The van der Waals surface area contributed by atoms with Gasteiger partial charge in [-0.05, 0) is 32.3 Å². The van der Waals surface area contributed by atoms with Gasteiger partial charge in [0.15, 0.2) is 0 Å². The molecule has 1 aromatic heterocycles. The van der Waals surface area contributed by atoms with Crippen LogP contribution in [0.2, 0.25) is 0 Å². The molecule has 0 unspecified atom stereocenters. The molecule has 1 aromatic rings. The minimum Gasteiger partial charge on any atom is -0.392 e. The van der Waals surface area contributed by atoms with Gasteiger partial charge in [0.25, 0.3) is 5.91 Å². The van der Waals surface area contributed by atoms with Gasteiger partial charge >= 0.3 is 0 Å². The summed E-state index contributed by atoms with van der Waals surface area (Å²) in [5, 5.41) is 13.1. The fourth-order valence-corrected chi connectivity index (χ4v) is 3.21. The Bertz CT molecular complexity index is 514. The Kier molecular flexibility index (Phi) is 3.43. The molecule has 0 aromatic carbocycles. The molecule has 2 N–H and O–H groups in total. The highest BCUT2D eigenvalue weighted by Crippen LogP contribution is 2.48. The van der Waals surface area contributed by atoms with Crippen LogP contribution in [-0.4, -0.2) is 46.3 Å². The fourth-order valence-electron chi connectivity index (χ4n) is 3.21. The smallest absolute Gasteiger partial charge is 0.270 e. The number of ether oxygens (including phenoxy) is 1. The molecule has 6 heteroatoms. The number of aliphatic hydroxyl groups excluding tert-OH is 1. The zero-order valence-corrected chi connectivity index (χ0v) is 11.5. The number of carbonyl (C=O) groups is 1. The minimum atomic E-state index is -0.344. The van der Waals surface area contributed by atoms with Gasteiger partial charge in [-0.15, -0.1) is 0 Å². The van der Waals surface area contributed by atoms with Crippen molar-refractivity contribution in [3.05, 3.63) is 23.8 Å². The van der Waals surface area contributed by atoms with Crippen molar-refractivity contribution in [1.29, 1.82) is 0 Å². The van der Waals surface area contributed by atoms with Crippen molar-refractivity contribution < 1.29 is 14.6 Å². The van der Waals surface area contributed by atoms with E-state index < -0.39 is 0 Å². The average Bonchev–Trinajstić information content (AvgIpc) is 2.47. The molecule has 1 saturated heterocycles. The number of nitrogens with one attached hydrogen (secondary N) is 1. The second-order valence-electron chi connectivity index (χ2n) is 5.67. The molecule has 1 amide bonds. The number of rotatable bonds is 2. The van der Waals surface area contributed by atoms with Crippen LogP contribution in [0.3, 0.4) is 0 Å². The van der Waals surface area contributed by atoms with Crippen molar-refractivity contribution in [3.8, 4) is 0 Å². The minimum absolute atomic E-state index is 0.00386. The van der Waals surface area contributed by atoms with Crippen LogP contribution in [0.4, 0.5) is 0 Å². The Labute approximate surface area is 117 Å². The summed E-state index contributed by atoms with van der Waals surface area (Å²) in [5.74, 6) is -0.196. The summed E-state index contributed by atoms with van der Waals surface area (Å²) < 4.78 is 5.36. The summed E-state index contributed by atoms with van der Waals surface area (Å²) in [7, 11) is 0. The van der Waals surface area contributed by atoms with E-state index in [-0.39, 0.29) is 23.5 Å². The fraction of sp³-hybridized carbons (Fsp3) is 0.643. The number of hydrogen-bond acceptors (Lipinski definition) is 5. The Morgan fingerprint density at radius 2 is 2.20 bits per heavy atom. The number of carbonyl (C=O) groups excluding carboxylic acids is 1. The largest absolute Gasteiger partial charge is 0.392 e. The van der Waals surface area contributed by atoms with Crippen molar-refractivity contribution in [2.45, 2.75) is 38.3 Å². The average molecular weight is 277 g/mol. The first-order valence-electron chi connectivity index (χ1n) is 6.97. The number of aromatic nitrogens is 2. The van der Waals surface area contributed by atoms with Crippen LogP contribution in [0.25, 0.3) is 0 Å². The van der Waals surface area contributed by atoms with E-state index in [0.717, 1.165) is 18.5 Å². The van der Waals surface area contributed by atoms with Gasteiger partial charge in [0.05, 0.1) is 6.10 Å². The molecule has 6 nitrogen and oxygen atoms in total. The van der Waals surface area contributed by atoms with Crippen LogP contribution < -0.4 is 5.32 Å². The third kappa shape index (κ3) is 2.19. The van der Waals surface area contributed by atoms with Crippen LogP contribution in [0.15, 0.2) is 12.4 Å². The van der Waals surface area contributed by atoms with Crippen LogP contribution in [0.1, 0.15) is 35.4 Å². The predicted octanol–water partition coefficient (Wildman–Crippen LogP) is 0.445. The highest BCUT2D eigenvalue weighted by Gasteiger charge is 2.55. The standard InChI is InChI=1S/C14H19N3O3/c1-9-6-10(16-8-15-9)13(19)17-11-7-12(18)14(11)2-4-20-5-3-14/h6,8,11-12,18H,2-5,7H2,1H3,(H,17,19)/t11-,12-/m1/s1. The Morgan fingerprint density at radius 1 is 1.45 bits per heavy atom. The zero-order chi connectivity index (χ0) is 14.2. The number of aliphatic hydroxyl groups is 1. The monoisotopic (exact) mass is 277 g/mol. The highest BCUT2D eigenvalue weighted by atomic mass is 16.5. The third-order valence-corrected chi connectivity index (χ3v) is 4.58. The molecule has 1 aliphatic heterocycles. The highest BCUT2D eigenvalue weighted by molar-refractivity contribution is 5.92. The summed E-state index contributed by atoms with van der Waals surface area (Å²) in [6, 6.07) is 1.67. The number of hydrogen-bond donors (Lipinski definition) is 2. The van der Waals surface area contributed by atoms with Gasteiger partial charge in [-0.2, -0.15) is 0 Å². The SMILES string of the molecule is Cc1cc(C(=O)N[C@@H]2C[C@@H](O)C23CCOCC3)ncn1. The Hall–Kier alpha value is -1.53. The van der Waals surface area contributed by atoms with E-state index in [0.29, 0.717) is 25.3 Å². The Balaban J connectivity index is 1.70. The van der Waals surface area contributed by atoms with Gasteiger partial charge in [0, 0.05) is 30.4 Å². The lowest BCUT2D eigenvalue weighted by Gasteiger charge is -2.55. The molecular formula is C14H19N3O3. The molecule has 2 atom stereocenters. The van der Waals surface area contributed by atoms with Gasteiger partial charge in [0.2, 0.25) is 0 Å². The number of amides is 1. The maximum absolute atomic E-state index is 12.2. The van der Waals surface area contributed by atoms with E-state index in [2.05, 4.69) is 15.3 Å². The van der Waals surface area contributed by atoms with Gasteiger partial charge in [0.1, 0.15) is 12.0 Å². The first-order chi connectivity index (χ1) is 9.62. The van der Waals surface area contributed by atoms with Crippen molar-refractivity contribution in [3.63, 3.8) is 0 Å². The lowest BCUT2D eigenvalue weighted by molar-refractivity contribution is -0.145. The molecule has 2 aliphatic rings. The normalized spacial score (nSPS) is 27.9. The van der Waals surface area contributed by atoms with Crippen LogP contribution >= 0.6 is 0 Å². The summed E-state index contributed by atoms with van der Waals surface area (Å²) >= 11 is 0. The van der Waals surface area contributed by atoms with Crippen LogP contribution in [-0.2, 0) is 4.74 Å². The molecular weight excluding hydrogens is 258 g/mol. The molecule has 2 heterocycles. The predicted molar refractivity (Wildman–Crippen MR) is 71.1 cm³/mol. The first-order valence-corrected chi connectivity index (χ1v) is 6.97. The lowest BCUT2D eigenvalue weighted by Crippen LogP contribution is -2.65. The van der Waals surface area contributed by atoms with E-state index in [1.54, 1.807) is 6.07 Å². The van der Waals surface area contributed by atoms with Gasteiger partial charge < -0.3 is 15.2 Å². The van der Waals surface area contributed by atoms with E-state index >= 15 is 0 Å². The summed E-state index contributed by atoms with van der Waals surface area (Å²) in [6.45, 7) is 3.12. The Morgan fingerprint density at radius 3 is 2.85 bits per heavy atom. The molecule has 1 saturated carbocycles. The quantitative estimate of drug-likeness (QED) is 0.819. The molecule has 20 heavy (non-hydrogen) atoms. The molecule has 0 bridgehead atoms. The van der Waals surface area contributed by atoms with Crippen molar-refractivity contribution in [1.82, 2.24) is 15.3 Å². The summed E-state index contributed by atoms with van der Waals surface area (Å²) in [6.07, 6.45) is 3.24. The zero-order valence-electron chi connectivity index (χ0n) is 11.5. The van der Waals surface area contributed by atoms with Gasteiger partial charge in [-0.25, -0.2) is 9.97 Å². The molecule has 3 rings (SSSR count). The second kappa shape index (κ2) is 5.10. The van der Waals surface area contributed by atoms with Crippen molar-refractivity contribution >= 4 is 5.91 Å². The van der Waals surface area contributed by atoms with Gasteiger partial charge in [-0.3, -0.25) is 4.79 Å². The number of aryl methyl sites for hydroxylation is 1. The van der Waals surface area contributed by atoms with E-state index in [4.69, 9.17) is 4.74 Å². The molecule has 108 valence electrons. The van der Waals surface area contributed by atoms with Crippen molar-refractivity contribution in [2.24, 2.45) is 5.41 Å². The van der Waals surface area contributed by atoms with E-state index in [1.165, 1.54) is 6.33 Å². The number of nitrogens with zero attached hydrogens (tertiary/aromatic N) is 2. The van der Waals surface area contributed by atoms with Crippen LogP contribution in [0, 0.1) is 12.3 Å². The van der Waals surface area contributed by atoms with E-state index in [1.807, 2.05) is 6.92 Å². The lowest BCUT2D eigenvalue weighted by atomic mass is 9.58. The molecule has 1 aliphatic carbocycles. The molecule has 1 spiro atoms.